The van der Waals surface area contributed by atoms with Crippen LogP contribution in [0.2, 0.25) is 0 Å². The molecule has 2 rings (SSSR count). The van der Waals surface area contributed by atoms with Crippen LogP contribution >= 0.6 is 22.6 Å². The molecular weight excluding hydrogens is 437 g/mol. The van der Waals surface area contributed by atoms with Crippen molar-refractivity contribution in [3.63, 3.8) is 0 Å². The van der Waals surface area contributed by atoms with Gasteiger partial charge in [-0.2, -0.15) is 0 Å². The number of rotatable bonds is 8. The van der Waals surface area contributed by atoms with Gasteiger partial charge in [-0.3, -0.25) is 4.79 Å². The van der Waals surface area contributed by atoms with Gasteiger partial charge in [0.15, 0.2) is 11.5 Å². The quantitative estimate of drug-likeness (QED) is 0.596. The third kappa shape index (κ3) is 5.23. The maximum Gasteiger partial charge on any atom is 0.252 e. The van der Waals surface area contributed by atoms with Crippen molar-refractivity contribution in [2.24, 2.45) is 0 Å². The van der Waals surface area contributed by atoms with Gasteiger partial charge in [0, 0.05) is 10.1 Å². The van der Waals surface area contributed by atoms with E-state index in [4.69, 9.17) is 14.2 Å². The topological polar surface area (TPSA) is 77.0 Å². The van der Waals surface area contributed by atoms with Crippen molar-refractivity contribution in [1.82, 2.24) is 5.32 Å². The summed E-state index contributed by atoms with van der Waals surface area (Å²) in [5, 5.41) is 12.8. The van der Waals surface area contributed by atoms with Gasteiger partial charge in [-0.15, -0.1) is 0 Å². The van der Waals surface area contributed by atoms with E-state index in [9.17, 15) is 9.90 Å². The molecule has 0 aliphatic rings. The van der Waals surface area contributed by atoms with Crippen molar-refractivity contribution in [3.8, 4) is 17.2 Å². The second kappa shape index (κ2) is 9.47. The Kier molecular flexibility index (Phi) is 7.32. The molecule has 2 N–H and O–H groups in total. The average molecular weight is 457 g/mol. The smallest absolute Gasteiger partial charge is 0.252 e. The molecule has 0 fully saturated rings. The summed E-state index contributed by atoms with van der Waals surface area (Å²) in [7, 11) is 3.06. The van der Waals surface area contributed by atoms with E-state index >= 15 is 0 Å². The lowest BCUT2D eigenvalue weighted by molar-refractivity contribution is 0.0833. The lowest BCUT2D eigenvalue weighted by Crippen LogP contribution is -2.35. The van der Waals surface area contributed by atoms with Gasteiger partial charge in [0.25, 0.3) is 5.91 Å². The first-order valence-electron chi connectivity index (χ1n) is 7.61. The fourth-order valence-electron chi connectivity index (χ4n) is 2.15. The number of para-hydroxylation sites is 1. The lowest BCUT2D eigenvalue weighted by Gasteiger charge is -2.17. The molecule has 0 aliphatic carbocycles. The van der Waals surface area contributed by atoms with E-state index in [0.29, 0.717) is 22.8 Å². The molecule has 0 heterocycles. The molecule has 134 valence electrons. The molecule has 1 atom stereocenters. The summed E-state index contributed by atoms with van der Waals surface area (Å²) in [6.45, 7) is 0.0597. The van der Waals surface area contributed by atoms with Crippen molar-refractivity contribution in [2.45, 2.75) is 6.10 Å². The second-order valence-electron chi connectivity index (χ2n) is 5.15. The number of aliphatic hydroxyl groups is 1. The third-order valence-corrected chi connectivity index (χ3v) is 4.36. The van der Waals surface area contributed by atoms with Gasteiger partial charge in [-0.05, 0) is 46.9 Å². The standard InChI is InChI=1S/C18H20INO5/c1-23-15-8-5-9-16(24-2)17(15)25-11-12(21)10-20-18(22)13-6-3-4-7-14(13)19/h3-9,12,21H,10-11H2,1-2H3,(H,20,22). The van der Waals surface area contributed by atoms with Crippen molar-refractivity contribution in [2.75, 3.05) is 27.4 Å². The first-order valence-corrected chi connectivity index (χ1v) is 8.69. The maximum absolute atomic E-state index is 12.1. The van der Waals surface area contributed by atoms with E-state index in [1.807, 2.05) is 12.1 Å². The molecule has 25 heavy (non-hydrogen) atoms. The van der Waals surface area contributed by atoms with Crippen LogP contribution < -0.4 is 19.5 Å². The molecule has 2 aromatic carbocycles. The van der Waals surface area contributed by atoms with E-state index in [1.54, 1.807) is 30.3 Å². The number of benzene rings is 2. The molecule has 1 unspecified atom stereocenters. The van der Waals surface area contributed by atoms with Crippen LogP contribution in [0.1, 0.15) is 10.4 Å². The first kappa shape index (κ1) is 19.3. The lowest BCUT2D eigenvalue weighted by atomic mass is 10.2. The van der Waals surface area contributed by atoms with E-state index in [0.717, 1.165) is 3.57 Å². The number of hydrogen-bond donors (Lipinski definition) is 2. The van der Waals surface area contributed by atoms with Crippen LogP contribution in [0.5, 0.6) is 17.2 Å². The summed E-state index contributed by atoms with van der Waals surface area (Å²) in [5.41, 5.74) is 0.572. The van der Waals surface area contributed by atoms with Gasteiger partial charge in [0.1, 0.15) is 12.7 Å². The summed E-state index contributed by atoms with van der Waals surface area (Å²) < 4.78 is 16.9. The normalized spacial score (nSPS) is 11.5. The number of ether oxygens (including phenoxy) is 3. The minimum Gasteiger partial charge on any atom is -0.493 e. The number of carbonyl (C=O) groups excluding carboxylic acids is 1. The highest BCUT2D eigenvalue weighted by atomic mass is 127. The number of amides is 1. The number of carbonyl (C=O) groups is 1. The largest absolute Gasteiger partial charge is 0.493 e. The molecule has 0 saturated carbocycles. The summed E-state index contributed by atoms with van der Waals surface area (Å²) in [4.78, 5) is 12.1. The predicted molar refractivity (Wildman–Crippen MR) is 103 cm³/mol. The summed E-state index contributed by atoms with van der Waals surface area (Å²) in [6, 6.07) is 12.5. The molecule has 0 aromatic heterocycles. The molecule has 0 aliphatic heterocycles. The zero-order valence-corrected chi connectivity index (χ0v) is 16.1. The van der Waals surface area contributed by atoms with Crippen LogP contribution in [0.25, 0.3) is 0 Å². The van der Waals surface area contributed by atoms with Crippen LogP contribution in [-0.2, 0) is 0 Å². The van der Waals surface area contributed by atoms with Crippen LogP contribution in [-0.4, -0.2) is 44.5 Å². The van der Waals surface area contributed by atoms with Gasteiger partial charge >= 0.3 is 0 Å². The van der Waals surface area contributed by atoms with E-state index in [1.165, 1.54) is 14.2 Å². The fourth-order valence-corrected chi connectivity index (χ4v) is 2.78. The van der Waals surface area contributed by atoms with Gasteiger partial charge in [0.05, 0.1) is 19.8 Å². The Balaban J connectivity index is 1.90. The molecular formula is C18H20INO5. The van der Waals surface area contributed by atoms with E-state index < -0.39 is 6.10 Å². The predicted octanol–water partition coefficient (Wildman–Crippen LogP) is 2.48. The Bertz CT molecular complexity index is 700. The van der Waals surface area contributed by atoms with Gasteiger partial charge < -0.3 is 24.6 Å². The zero-order chi connectivity index (χ0) is 18.2. The molecule has 1 amide bonds. The van der Waals surface area contributed by atoms with Crippen LogP contribution in [0.4, 0.5) is 0 Å². The van der Waals surface area contributed by atoms with Crippen LogP contribution in [0.15, 0.2) is 42.5 Å². The third-order valence-electron chi connectivity index (χ3n) is 3.42. The number of nitrogens with one attached hydrogen (secondary N) is 1. The summed E-state index contributed by atoms with van der Waals surface area (Å²) >= 11 is 2.10. The Hall–Kier alpha value is -2.00. The highest BCUT2D eigenvalue weighted by Crippen LogP contribution is 2.36. The number of hydrogen-bond acceptors (Lipinski definition) is 5. The minimum absolute atomic E-state index is 0.0110. The average Bonchev–Trinajstić information content (AvgIpc) is 2.64. The minimum atomic E-state index is -0.875. The molecule has 0 radical (unpaired) electrons. The maximum atomic E-state index is 12.1. The SMILES string of the molecule is COc1cccc(OC)c1OCC(O)CNC(=O)c1ccccc1I. The number of halogens is 1. The van der Waals surface area contributed by atoms with Crippen LogP contribution in [0.3, 0.4) is 0 Å². The Morgan fingerprint density at radius 3 is 2.36 bits per heavy atom. The Morgan fingerprint density at radius 1 is 1.12 bits per heavy atom. The molecule has 6 nitrogen and oxygen atoms in total. The van der Waals surface area contributed by atoms with E-state index in [2.05, 4.69) is 27.9 Å². The van der Waals surface area contributed by atoms with Gasteiger partial charge in [-0.1, -0.05) is 18.2 Å². The van der Waals surface area contributed by atoms with Crippen molar-refractivity contribution in [3.05, 3.63) is 51.6 Å². The second-order valence-corrected chi connectivity index (χ2v) is 6.31. The Labute approximate surface area is 160 Å². The Morgan fingerprint density at radius 2 is 1.76 bits per heavy atom. The van der Waals surface area contributed by atoms with Gasteiger partial charge in [0.2, 0.25) is 5.75 Å². The zero-order valence-electron chi connectivity index (χ0n) is 14.0. The number of aliphatic hydroxyl groups excluding tert-OH is 1. The summed E-state index contributed by atoms with van der Waals surface area (Å²) in [5.74, 6) is 1.19. The first-order chi connectivity index (χ1) is 12.1. The van der Waals surface area contributed by atoms with E-state index in [-0.39, 0.29) is 19.1 Å². The molecule has 0 saturated heterocycles. The summed E-state index contributed by atoms with van der Waals surface area (Å²) in [6.07, 6.45) is -0.875. The molecule has 7 heteroatoms. The molecule has 2 aromatic rings. The highest BCUT2D eigenvalue weighted by molar-refractivity contribution is 14.1. The molecule has 0 spiro atoms. The van der Waals surface area contributed by atoms with Crippen molar-refractivity contribution < 1.29 is 24.1 Å². The fraction of sp³-hybridized carbons (Fsp3) is 0.278. The van der Waals surface area contributed by atoms with Crippen molar-refractivity contribution >= 4 is 28.5 Å². The number of methoxy groups -OCH3 is 2. The molecule has 0 bridgehead atoms. The van der Waals surface area contributed by atoms with Crippen molar-refractivity contribution in [1.29, 1.82) is 0 Å². The monoisotopic (exact) mass is 457 g/mol. The van der Waals surface area contributed by atoms with Gasteiger partial charge in [-0.25, -0.2) is 0 Å². The van der Waals surface area contributed by atoms with Crippen LogP contribution in [0, 0.1) is 3.57 Å². The highest BCUT2D eigenvalue weighted by Gasteiger charge is 2.15.